The van der Waals surface area contributed by atoms with Gasteiger partial charge in [-0.2, -0.15) is 5.10 Å². The number of hydrazone groups is 1. The third kappa shape index (κ3) is 7.89. The molecule has 1 aromatic heterocycles. The molecule has 0 aliphatic heterocycles. The molecule has 10 nitrogen and oxygen atoms in total. The van der Waals surface area contributed by atoms with E-state index >= 15 is 0 Å². The van der Waals surface area contributed by atoms with Gasteiger partial charge >= 0.3 is 6.36 Å². The summed E-state index contributed by atoms with van der Waals surface area (Å²) in [5.41, 5.74) is 3.75. The number of benzene rings is 3. The number of hydrogen-bond acceptors (Lipinski definition) is 9. The van der Waals surface area contributed by atoms with Crippen molar-refractivity contribution < 1.29 is 27.4 Å². The minimum atomic E-state index is -4.79. The first-order valence-electron chi connectivity index (χ1n) is 10.9. The van der Waals surface area contributed by atoms with Gasteiger partial charge in [-0.05, 0) is 54.1 Å². The maximum absolute atomic E-state index is 12.2. The number of carbonyl (C=O) groups is 1. The molecule has 0 bridgehead atoms. The van der Waals surface area contributed by atoms with E-state index in [1.807, 2.05) is 54.6 Å². The summed E-state index contributed by atoms with van der Waals surface area (Å²) in [4.78, 5) is 12.2. The van der Waals surface area contributed by atoms with Crippen molar-refractivity contribution in [2.24, 2.45) is 5.10 Å². The first-order valence-corrected chi connectivity index (χ1v) is 11.8. The summed E-state index contributed by atoms with van der Waals surface area (Å²) in [6.07, 6.45) is -3.24. The number of ether oxygens (including phenoxy) is 2. The largest absolute Gasteiger partial charge is 0.573 e. The fourth-order valence-corrected chi connectivity index (χ4v) is 3.62. The molecule has 4 aromatic rings. The number of thioether (sulfide) groups is 1. The second-order valence-electron chi connectivity index (χ2n) is 7.44. The fraction of sp³-hybridized carbons (Fsp3) is 0.0833. The van der Waals surface area contributed by atoms with Crippen LogP contribution in [-0.4, -0.2) is 39.1 Å². The standard InChI is InChI=1S/C24H20F3N7O3S/c25-24(26,27)37-19-11-9-17(10-12-19)30-21(35)15-38-23-33-32-22(34(23)28)31-29-14-16-5-4-8-20(13-16)36-18-6-2-1-3-7-18/h1-14H,15,28H2,(H,30,35)(H,31,32)/b29-14+. The van der Waals surface area contributed by atoms with Crippen molar-refractivity contribution in [2.45, 2.75) is 11.5 Å². The molecule has 0 aliphatic carbocycles. The molecule has 196 valence electrons. The predicted octanol–water partition coefficient (Wildman–Crippen LogP) is 4.86. The second kappa shape index (κ2) is 12.0. The van der Waals surface area contributed by atoms with E-state index in [1.165, 1.54) is 12.1 Å². The summed E-state index contributed by atoms with van der Waals surface area (Å²) in [5, 5.41) is 14.7. The zero-order valence-electron chi connectivity index (χ0n) is 19.4. The Morgan fingerprint density at radius 2 is 1.74 bits per heavy atom. The number of rotatable bonds is 10. The SMILES string of the molecule is Nn1c(N/N=C/c2cccc(Oc3ccccc3)c2)nnc1SCC(=O)Nc1ccc(OC(F)(F)F)cc1. The van der Waals surface area contributed by atoms with Crippen molar-refractivity contribution in [3.8, 4) is 17.2 Å². The summed E-state index contributed by atoms with van der Waals surface area (Å²) in [6.45, 7) is 0. The van der Waals surface area contributed by atoms with Gasteiger partial charge in [0.05, 0.1) is 12.0 Å². The van der Waals surface area contributed by atoms with Crippen molar-refractivity contribution in [3.05, 3.63) is 84.4 Å². The van der Waals surface area contributed by atoms with E-state index in [4.69, 9.17) is 10.6 Å². The number of nitrogens with zero attached hydrogens (tertiary/aromatic N) is 4. The molecule has 0 atom stereocenters. The van der Waals surface area contributed by atoms with Crippen LogP contribution in [0.3, 0.4) is 0 Å². The number of para-hydroxylation sites is 1. The van der Waals surface area contributed by atoms with Gasteiger partial charge in [-0.15, -0.1) is 23.4 Å². The van der Waals surface area contributed by atoms with Crippen LogP contribution in [0.25, 0.3) is 0 Å². The normalized spacial score (nSPS) is 11.3. The maximum Gasteiger partial charge on any atom is 0.573 e. The van der Waals surface area contributed by atoms with Gasteiger partial charge in [-0.3, -0.25) is 4.79 Å². The lowest BCUT2D eigenvalue weighted by atomic mass is 10.2. The molecule has 0 saturated carbocycles. The number of amides is 1. The number of aromatic nitrogens is 3. The van der Waals surface area contributed by atoms with Crippen LogP contribution in [0.15, 0.2) is 89.1 Å². The number of carbonyl (C=O) groups excluding carboxylic acids is 1. The summed E-state index contributed by atoms with van der Waals surface area (Å²) in [5.74, 6) is 6.58. The van der Waals surface area contributed by atoms with Crippen molar-refractivity contribution >= 4 is 35.5 Å². The molecule has 0 aliphatic rings. The molecule has 4 N–H and O–H groups in total. The third-order valence-corrected chi connectivity index (χ3v) is 5.53. The van der Waals surface area contributed by atoms with Crippen molar-refractivity contribution in [3.63, 3.8) is 0 Å². The molecule has 1 amide bonds. The highest BCUT2D eigenvalue weighted by atomic mass is 32.2. The minimum Gasteiger partial charge on any atom is -0.457 e. The molecule has 0 saturated heterocycles. The Kier molecular flexibility index (Phi) is 8.33. The zero-order chi connectivity index (χ0) is 27.0. The molecule has 0 fully saturated rings. The highest BCUT2D eigenvalue weighted by molar-refractivity contribution is 7.99. The molecular formula is C24H20F3N7O3S. The van der Waals surface area contributed by atoms with Crippen LogP contribution < -0.4 is 26.1 Å². The summed E-state index contributed by atoms with van der Waals surface area (Å²) < 4.78 is 47.5. The molecule has 1 heterocycles. The van der Waals surface area contributed by atoms with E-state index in [0.29, 0.717) is 17.2 Å². The third-order valence-electron chi connectivity index (χ3n) is 4.58. The number of anilines is 2. The minimum absolute atomic E-state index is 0.0758. The number of nitrogens with one attached hydrogen (secondary N) is 2. The Morgan fingerprint density at radius 3 is 2.47 bits per heavy atom. The molecule has 38 heavy (non-hydrogen) atoms. The number of halogens is 3. The number of alkyl halides is 3. The van der Waals surface area contributed by atoms with Gasteiger partial charge in [-0.25, -0.2) is 10.1 Å². The van der Waals surface area contributed by atoms with Crippen LogP contribution in [-0.2, 0) is 4.79 Å². The van der Waals surface area contributed by atoms with Gasteiger partial charge < -0.3 is 20.6 Å². The Bertz CT molecular complexity index is 1400. The lowest BCUT2D eigenvalue weighted by molar-refractivity contribution is -0.274. The van der Waals surface area contributed by atoms with Crippen LogP contribution in [0.5, 0.6) is 17.2 Å². The van der Waals surface area contributed by atoms with E-state index in [0.717, 1.165) is 34.1 Å². The van der Waals surface area contributed by atoms with Crippen LogP contribution in [0, 0.1) is 0 Å². The van der Waals surface area contributed by atoms with Gasteiger partial charge in [0, 0.05) is 5.69 Å². The summed E-state index contributed by atoms with van der Waals surface area (Å²) >= 11 is 1.01. The van der Waals surface area contributed by atoms with E-state index in [-0.39, 0.29) is 16.9 Å². The van der Waals surface area contributed by atoms with E-state index in [2.05, 4.69) is 30.8 Å². The zero-order valence-corrected chi connectivity index (χ0v) is 20.2. The molecule has 0 unspecified atom stereocenters. The lowest BCUT2D eigenvalue weighted by Gasteiger charge is -2.09. The van der Waals surface area contributed by atoms with Crippen LogP contribution in [0.2, 0.25) is 0 Å². The molecule has 14 heteroatoms. The average molecular weight is 544 g/mol. The summed E-state index contributed by atoms with van der Waals surface area (Å²) in [7, 11) is 0. The Morgan fingerprint density at radius 1 is 1.00 bits per heavy atom. The van der Waals surface area contributed by atoms with E-state index < -0.39 is 18.0 Å². The van der Waals surface area contributed by atoms with Gasteiger partial charge in [0.15, 0.2) is 0 Å². The highest BCUT2D eigenvalue weighted by Gasteiger charge is 2.31. The van der Waals surface area contributed by atoms with Gasteiger partial charge in [-0.1, -0.05) is 42.1 Å². The van der Waals surface area contributed by atoms with E-state index in [1.54, 1.807) is 6.21 Å². The second-order valence-corrected chi connectivity index (χ2v) is 8.39. The first kappa shape index (κ1) is 26.3. The van der Waals surface area contributed by atoms with Crippen LogP contribution in [0.4, 0.5) is 24.8 Å². The number of nitrogens with two attached hydrogens (primary N) is 1. The Balaban J connectivity index is 1.26. The smallest absolute Gasteiger partial charge is 0.457 e. The molecule has 0 spiro atoms. The molecule has 3 aromatic carbocycles. The Labute approximate surface area is 218 Å². The van der Waals surface area contributed by atoms with Crippen molar-refractivity contribution in [2.75, 3.05) is 22.3 Å². The predicted molar refractivity (Wildman–Crippen MR) is 137 cm³/mol. The lowest BCUT2D eigenvalue weighted by Crippen LogP contribution is -2.18. The van der Waals surface area contributed by atoms with Gasteiger partial charge in [0.1, 0.15) is 17.2 Å². The van der Waals surface area contributed by atoms with Crippen molar-refractivity contribution in [1.29, 1.82) is 0 Å². The fourth-order valence-electron chi connectivity index (χ4n) is 2.97. The topological polar surface area (TPSA) is 129 Å². The van der Waals surface area contributed by atoms with E-state index in [9.17, 15) is 18.0 Å². The molecule has 0 radical (unpaired) electrons. The van der Waals surface area contributed by atoms with Crippen molar-refractivity contribution in [1.82, 2.24) is 14.9 Å². The average Bonchev–Trinajstić information content (AvgIpc) is 3.23. The summed E-state index contributed by atoms with van der Waals surface area (Å²) in [6, 6.07) is 21.4. The molecular weight excluding hydrogens is 523 g/mol. The monoisotopic (exact) mass is 543 g/mol. The Hall–Kier alpha value is -4.72. The number of hydrogen-bond donors (Lipinski definition) is 3. The molecule has 4 rings (SSSR count). The number of nitrogen functional groups attached to an aromatic ring is 1. The highest BCUT2D eigenvalue weighted by Crippen LogP contribution is 2.25. The van der Waals surface area contributed by atoms with Crippen LogP contribution >= 0.6 is 11.8 Å². The first-order chi connectivity index (χ1) is 18.2. The van der Waals surface area contributed by atoms with Gasteiger partial charge in [0.2, 0.25) is 11.1 Å². The van der Waals surface area contributed by atoms with Gasteiger partial charge in [0.25, 0.3) is 5.95 Å². The maximum atomic E-state index is 12.2. The quantitative estimate of drug-likeness (QED) is 0.112. The van der Waals surface area contributed by atoms with Crippen LogP contribution in [0.1, 0.15) is 5.56 Å².